The molecule has 8 heteroatoms. The fraction of sp³-hybridized carbons (Fsp3) is 0.125. The summed E-state index contributed by atoms with van der Waals surface area (Å²) >= 11 is 1.61. The number of carbonyl (C=O) groups is 1. The van der Waals surface area contributed by atoms with Crippen molar-refractivity contribution in [2.75, 3.05) is 17.9 Å². The van der Waals surface area contributed by atoms with Gasteiger partial charge in [-0.1, -0.05) is 48.2 Å². The van der Waals surface area contributed by atoms with Crippen LogP contribution in [0.2, 0.25) is 0 Å². The molecule has 0 saturated carbocycles. The van der Waals surface area contributed by atoms with Crippen LogP contribution in [0.4, 0.5) is 5.69 Å². The number of aliphatic imine (C=N–C) groups is 1. The number of benzene rings is 3. The lowest BCUT2D eigenvalue weighted by molar-refractivity contribution is 0.102. The zero-order chi connectivity index (χ0) is 21.8. The summed E-state index contributed by atoms with van der Waals surface area (Å²) < 4.78 is 10.7. The summed E-state index contributed by atoms with van der Waals surface area (Å²) in [6, 6.07) is 22.7. The van der Waals surface area contributed by atoms with Gasteiger partial charge in [-0.2, -0.15) is 5.10 Å². The van der Waals surface area contributed by atoms with Crippen LogP contribution < -0.4 is 20.2 Å². The molecule has 2 aliphatic rings. The number of amides is 1. The number of nitrogens with one attached hydrogen (secondary N) is 2. The highest BCUT2D eigenvalue weighted by Crippen LogP contribution is 2.32. The smallest absolute Gasteiger partial charge is 0.255 e. The summed E-state index contributed by atoms with van der Waals surface area (Å²) in [5, 5.41) is 8.16. The minimum atomic E-state index is -0.131. The van der Waals surface area contributed by atoms with E-state index >= 15 is 0 Å². The van der Waals surface area contributed by atoms with Crippen molar-refractivity contribution in [3.63, 3.8) is 0 Å². The van der Waals surface area contributed by atoms with E-state index in [1.54, 1.807) is 23.9 Å². The van der Waals surface area contributed by atoms with Crippen LogP contribution in [0.15, 0.2) is 82.9 Å². The molecule has 0 spiro atoms. The van der Waals surface area contributed by atoms with E-state index in [1.807, 2.05) is 60.7 Å². The SMILES string of the molecule is O=C(Nc1ccc(C2=NNC(=NCc3ccc4c(c3)OCO4)SC2)cc1)c1ccccc1. The average molecular weight is 445 g/mol. The molecule has 0 atom stereocenters. The number of rotatable bonds is 5. The second-order valence-corrected chi connectivity index (χ2v) is 8.13. The van der Waals surface area contributed by atoms with Gasteiger partial charge in [-0.25, -0.2) is 0 Å². The number of hydrogen-bond acceptors (Lipinski definition) is 6. The average Bonchev–Trinajstić information content (AvgIpc) is 3.32. The maximum absolute atomic E-state index is 12.3. The predicted octanol–water partition coefficient (Wildman–Crippen LogP) is 4.26. The lowest BCUT2D eigenvalue weighted by atomic mass is 10.1. The molecule has 0 radical (unpaired) electrons. The number of hydrogen-bond donors (Lipinski definition) is 2. The second-order valence-electron chi connectivity index (χ2n) is 7.17. The molecular weight excluding hydrogens is 424 g/mol. The lowest BCUT2D eigenvalue weighted by Gasteiger charge is -2.15. The number of amidine groups is 1. The van der Waals surface area contributed by atoms with E-state index in [9.17, 15) is 4.79 Å². The third-order valence-corrected chi connectivity index (χ3v) is 5.90. The van der Waals surface area contributed by atoms with Crippen LogP contribution in [-0.2, 0) is 6.54 Å². The van der Waals surface area contributed by atoms with Crippen LogP contribution >= 0.6 is 11.8 Å². The van der Waals surface area contributed by atoms with E-state index < -0.39 is 0 Å². The van der Waals surface area contributed by atoms with Crippen LogP contribution in [0.1, 0.15) is 21.5 Å². The maximum Gasteiger partial charge on any atom is 0.255 e. The molecule has 5 rings (SSSR count). The van der Waals surface area contributed by atoms with Gasteiger partial charge in [0, 0.05) is 17.0 Å². The molecule has 0 unspecified atom stereocenters. The number of carbonyl (C=O) groups excluding carboxylic acids is 1. The van der Waals surface area contributed by atoms with Crippen LogP contribution in [0.3, 0.4) is 0 Å². The van der Waals surface area contributed by atoms with Crippen LogP contribution in [0.5, 0.6) is 11.5 Å². The standard InChI is InChI=1S/C24H20N4O3S/c29-23(18-4-2-1-3-5-18)26-19-9-7-17(8-10-19)20-14-32-24(28-27-20)25-13-16-6-11-21-22(12-16)31-15-30-21/h1-12H,13-15H2,(H,25,28)(H,26,29). The van der Waals surface area contributed by atoms with E-state index in [0.29, 0.717) is 17.9 Å². The minimum Gasteiger partial charge on any atom is -0.454 e. The summed E-state index contributed by atoms with van der Waals surface area (Å²) in [6.45, 7) is 0.801. The molecule has 160 valence electrons. The van der Waals surface area contributed by atoms with Gasteiger partial charge in [0.15, 0.2) is 16.7 Å². The molecule has 0 aromatic heterocycles. The van der Waals surface area contributed by atoms with Crippen molar-refractivity contribution in [3.8, 4) is 11.5 Å². The van der Waals surface area contributed by atoms with Gasteiger partial charge in [0.2, 0.25) is 6.79 Å². The molecule has 1 amide bonds. The Kier molecular flexibility index (Phi) is 5.76. The Morgan fingerprint density at radius 1 is 1.03 bits per heavy atom. The van der Waals surface area contributed by atoms with E-state index in [-0.39, 0.29) is 12.7 Å². The van der Waals surface area contributed by atoms with Crippen LogP contribution in [0, 0.1) is 0 Å². The van der Waals surface area contributed by atoms with Gasteiger partial charge in [0.25, 0.3) is 5.91 Å². The zero-order valence-electron chi connectivity index (χ0n) is 17.1. The van der Waals surface area contributed by atoms with Gasteiger partial charge in [-0.05, 0) is 47.5 Å². The third kappa shape index (κ3) is 4.60. The molecule has 0 saturated heterocycles. The molecule has 0 fully saturated rings. The fourth-order valence-electron chi connectivity index (χ4n) is 3.29. The lowest BCUT2D eigenvalue weighted by Crippen LogP contribution is -2.25. The normalized spacial score (nSPS) is 15.8. The number of fused-ring (bicyclic) bond motifs is 1. The van der Waals surface area contributed by atoms with Gasteiger partial charge in [-0.3, -0.25) is 15.2 Å². The number of nitrogens with zero attached hydrogens (tertiary/aromatic N) is 2. The first-order valence-electron chi connectivity index (χ1n) is 10.1. The van der Waals surface area contributed by atoms with Gasteiger partial charge in [-0.15, -0.1) is 0 Å². The summed E-state index contributed by atoms with van der Waals surface area (Å²) in [5.74, 6) is 2.11. The Morgan fingerprint density at radius 3 is 2.62 bits per heavy atom. The van der Waals surface area contributed by atoms with Crippen molar-refractivity contribution in [2.24, 2.45) is 10.1 Å². The topological polar surface area (TPSA) is 84.3 Å². The van der Waals surface area contributed by atoms with Crippen molar-refractivity contribution in [2.45, 2.75) is 6.54 Å². The summed E-state index contributed by atoms with van der Waals surface area (Å²) in [5.41, 5.74) is 7.38. The van der Waals surface area contributed by atoms with Crippen molar-refractivity contribution < 1.29 is 14.3 Å². The first-order chi connectivity index (χ1) is 15.7. The molecule has 7 nitrogen and oxygen atoms in total. The summed E-state index contributed by atoms with van der Waals surface area (Å²) in [4.78, 5) is 16.9. The monoisotopic (exact) mass is 444 g/mol. The Bertz CT molecular complexity index is 1190. The van der Waals surface area contributed by atoms with Crippen LogP contribution in [-0.4, -0.2) is 29.3 Å². The van der Waals surface area contributed by atoms with E-state index in [0.717, 1.165) is 39.2 Å². The van der Waals surface area contributed by atoms with E-state index in [1.165, 1.54) is 0 Å². The molecular formula is C24H20N4O3S. The number of hydrazone groups is 1. The van der Waals surface area contributed by atoms with Gasteiger partial charge in [0.1, 0.15) is 0 Å². The highest BCUT2D eigenvalue weighted by Gasteiger charge is 2.15. The Hall–Kier alpha value is -3.78. The molecule has 2 N–H and O–H groups in total. The largest absolute Gasteiger partial charge is 0.454 e. The predicted molar refractivity (Wildman–Crippen MR) is 127 cm³/mol. The highest BCUT2D eigenvalue weighted by atomic mass is 32.2. The van der Waals surface area contributed by atoms with Crippen molar-refractivity contribution in [1.29, 1.82) is 0 Å². The fourth-order valence-corrected chi connectivity index (χ4v) is 4.06. The maximum atomic E-state index is 12.3. The molecule has 3 aromatic carbocycles. The molecule has 0 bridgehead atoms. The zero-order valence-corrected chi connectivity index (χ0v) is 17.9. The first kappa shape index (κ1) is 20.1. The number of anilines is 1. The van der Waals surface area contributed by atoms with Crippen molar-refractivity contribution in [3.05, 3.63) is 89.5 Å². The molecule has 2 aliphatic heterocycles. The molecule has 2 heterocycles. The van der Waals surface area contributed by atoms with Crippen LogP contribution in [0.25, 0.3) is 0 Å². The van der Waals surface area contributed by atoms with E-state index in [4.69, 9.17) is 9.47 Å². The number of ether oxygens (including phenoxy) is 2. The van der Waals surface area contributed by atoms with Gasteiger partial charge >= 0.3 is 0 Å². The summed E-state index contributed by atoms with van der Waals surface area (Å²) in [6.07, 6.45) is 0. The Balaban J connectivity index is 1.18. The molecule has 0 aliphatic carbocycles. The second kappa shape index (κ2) is 9.15. The summed E-state index contributed by atoms with van der Waals surface area (Å²) in [7, 11) is 0. The van der Waals surface area contributed by atoms with Gasteiger partial charge < -0.3 is 14.8 Å². The molecule has 3 aromatic rings. The van der Waals surface area contributed by atoms with Crippen molar-refractivity contribution >= 4 is 34.2 Å². The van der Waals surface area contributed by atoms with E-state index in [2.05, 4.69) is 20.8 Å². The quantitative estimate of drug-likeness (QED) is 0.614. The Labute approximate surface area is 189 Å². The minimum absolute atomic E-state index is 0.131. The van der Waals surface area contributed by atoms with Gasteiger partial charge in [0.05, 0.1) is 12.3 Å². The third-order valence-electron chi connectivity index (χ3n) is 4.99. The Morgan fingerprint density at radius 2 is 1.84 bits per heavy atom. The highest BCUT2D eigenvalue weighted by molar-refractivity contribution is 8.14. The molecule has 32 heavy (non-hydrogen) atoms. The van der Waals surface area contributed by atoms with Crippen molar-refractivity contribution in [1.82, 2.24) is 5.43 Å². The first-order valence-corrected chi connectivity index (χ1v) is 11.1. The number of thioether (sulfide) groups is 1.